The molecule has 0 saturated carbocycles. The van der Waals surface area contributed by atoms with Gasteiger partial charge in [0.1, 0.15) is 4.88 Å². The molecule has 1 amide bonds. The van der Waals surface area contributed by atoms with Crippen molar-refractivity contribution in [2.24, 2.45) is 0 Å². The van der Waals surface area contributed by atoms with Gasteiger partial charge in [-0.15, -0.1) is 5.10 Å². The normalized spacial score (nSPS) is 12.5. The maximum absolute atomic E-state index is 11.8. The van der Waals surface area contributed by atoms with Crippen molar-refractivity contribution < 1.29 is 9.90 Å². The van der Waals surface area contributed by atoms with Gasteiger partial charge in [0.2, 0.25) is 0 Å². The van der Waals surface area contributed by atoms with Crippen molar-refractivity contribution >= 4 is 17.4 Å². The second-order valence-electron chi connectivity index (χ2n) is 3.55. The molecular weight excluding hydrogens is 214 g/mol. The highest BCUT2D eigenvalue weighted by Gasteiger charge is 2.17. The highest BCUT2D eigenvalue weighted by molar-refractivity contribution is 7.07. The number of amides is 1. The van der Waals surface area contributed by atoms with Crippen LogP contribution >= 0.6 is 11.5 Å². The van der Waals surface area contributed by atoms with Crippen LogP contribution in [0.5, 0.6) is 0 Å². The topological polar surface area (TPSA) is 66.3 Å². The largest absolute Gasteiger partial charge is 0.393 e. The molecule has 0 aromatic carbocycles. The van der Waals surface area contributed by atoms with Crippen molar-refractivity contribution in [3.05, 3.63) is 10.6 Å². The first-order chi connectivity index (χ1) is 7.02. The first-order valence-electron chi connectivity index (χ1n) is 4.75. The van der Waals surface area contributed by atoms with E-state index in [1.807, 2.05) is 0 Å². The molecule has 0 aliphatic rings. The summed E-state index contributed by atoms with van der Waals surface area (Å²) in [5.41, 5.74) is 0.661. The molecule has 0 bridgehead atoms. The minimum absolute atomic E-state index is 0.0804. The maximum atomic E-state index is 11.8. The molecule has 84 valence electrons. The standard InChI is InChI=1S/C9H15N3O2S/c1-6(13)4-5-12(3)9(14)8-7(2)10-11-15-8/h6,13H,4-5H2,1-3H3. The van der Waals surface area contributed by atoms with Gasteiger partial charge in [0, 0.05) is 13.6 Å². The Morgan fingerprint density at radius 1 is 1.67 bits per heavy atom. The monoisotopic (exact) mass is 229 g/mol. The zero-order valence-corrected chi connectivity index (χ0v) is 9.91. The number of carbonyl (C=O) groups is 1. The van der Waals surface area contributed by atoms with Gasteiger partial charge in [-0.1, -0.05) is 4.49 Å². The van der Waals surface area contributed by atoms with Crippen molar-refractivity contribution in [3.63, 3.8) is 0 Å². The van der Waals surface area contributed by atoms with Crippen LogP contribution in [-0.2, 0) is 0 Å². The molecule has 5 nitrogen and oxygen atoms in total. The van der Waals surface area contributed by atoms with Crippen LogP contribution in [0.2, 0.25) is 0 Å². The predicted molar refractivity (Wildman–Crippen MR) is 57.9 cm³/mol. The Morgan fingerprint density at radius 3 is 2.80 bits per heavy atom. The van der Waals surface area contributed by atoms with Crippen molar-refractivity contribution in [1.29, 1.82) is 0 Å². The predicted octanol–water partition coefficient (Wildman–Crippen LogP) is 0.689. The Bertz CT molecular complexity index is 338. The van der Waals surface area contributed by atoms with E-state index in [-0.39, 0.29) is 12.0 Å². The van der Waals surface area contributed by atoms with Crippen LogP contribution in [0.25, 0.3) is 0 Å². The van der Waals surface area contributed by atoms with E-state index >= 15 is 0 Å². The average Bonchev–Trinajstić information content (AvgIpc) is 2.59. The second-order valence-corrected chi connectivity index (χ2v) is 4.31. The molecule has 1 heterocycles. The Hall–Kier alpha value is -1.01. The molecule has 1 aromatic heterocycles. The van der Waals surface area contributed by atoms with Crippen molar-refractivity contribution in [2.75, 3.05) is 13.6 Å². The summed E-state index contributed by atoms with van der Waals surface area (Å²) in [6.07, 6.45) is 0.189. The SMILES string of the molecule is Cc1nnsc1C(=O)N(C)CCC(C)O. The van der Waals surface area contributed by atoms with E-state index in [2.05, 4.69) is 9.59 Å². The first kappa shape index (κ1) is 12.1. The number of rotatable bonds is 4. The van der Waals surface area contributed by atoms with Crippen LogP contribution in [0.1, 0.15) is 28.7 Å². The molecule has 0 saturated heterocycles. The molecule has 1 rings (SSSR count). The van der Waals surface area contributed by atoms with Gasteiger partial charge >= 0.3 is 0 Å². The number of aliphatic hydroxyl groups excluding tert-OH is 1. The zero-order chi connectivity index (χ0) is 11.4. The van der Waals surface area contributed by atoms with Crippen LogP contribution < -0.4 is 0 Å². The lowest BCUT2D eigenvalue weighted by Crippen LogP contribution is -2.29. The van der Waals surface area contributed by atoms with Gasteiger partial charge in [-0.05, 0) is 31.8 Å². The Kier molecular flexibility index (Phi) is 4.16. The van der Waals surface area contributed by atoms with Crippen molar-refractivity contribution in [3.8, 4) is 0 Å². The summed E-state index contributed by atoms with van der Waals surface area (Å²) in [5, 5.41) is 12.9. The molecule has 1 unspecified atom stereocenters. The van der Waals surface area contributed by atoms with E-state index in [0.29, 0.717) is 23.5 Å². The summed E-state index contributed by atoms with van der Waals surface area (Å²) in [4.78, 5) is 14.0. The quantitative estimate of drug-likeness (QED) is 0.825. The summed E-state index contributed by atoms with van der Waals surface area (Å²) in [5.74, 6) is -0.0804. The van der Waals surface area contributed by atoms with E-state index in [9.17, 15) is 4.79 Å². The number of hydrogen-bond acceptors (Lipinski definition) is 5. The lowest BCUT2D eigenvalue weighted by molar-refractivity contribution is 0.0773. The number of aliphatic hydroxyl groups is 1. The number of hydrogen-bond donors (Lipinski definition) is 1. The lowest BCUT2D eigenvalue weighted by atomic mass is 10.2. The first-order valence-corrected chi connectivity index (χ1v) is 5.52. The minimum Gasteiger partial charge on any atom is -0.393 e. The highest BCUT2D eigenvalue weighted by atomic mass is 32.1. The molecule has 6 heteroatoms. The van der Waals surface area contributed by atoms with E-state index in [0.717, 1.165) is 11.5 Å². The molecule has 0 fully saturated rings. The molecule has 0 radical (unpaired) electrons. The molecule has 0 spiro atoms. The van der Waals surface area contributed by atoms with Gasteiger partial charge in [-0.3, -0.25) is 4.79 Å². The van der Waals surface area contributed by atoms with Gasteiger partial charge < -0.3 is 10.0 Å². The lowest BCUT2D eigenvalue weighted by Gasteiger charge is -2.16. The Morgan fingerprint density at radius 2 is 2.33 bits per heavy atom. The summed E-state index contributed by atoms with van der Waals surface area (Å²) in [6.45, 7) is 4.00. The van der Waals surface area contributed by atoms with Gasteiger partial charge in [0.05, 0.1) is 11.8 Å². The molecule has 1 atom stereocenters. The fourth-order valence-electron chi connectivity index (χ4n) is 1.08. The average molecular weight is 229 g/mol. The van der Waals surface area contributed by atoms with E-state index < -0.39 is 0 Å². The highest BCUT2D eigenvalue weighted by Crippen LogP contribution is 2.12. The Balaban J connectivity index is 2.57. The number of nitrogens with zero attached hydrogens (tertiary/aromatic N) is 3. The molecule has 15 heavy (non-hydrogen) atoms. The van der Waals surface area contributed by atoms with Gasteiger partial charge in [0.15, 0.2) is 0 Å². The van der Waals surface area contributed by atoms with E-state index in [4.69, 9.17) is 5.11 Å². The van der Waals surface area contributed by atoms with Crippen molar-refractivity contribution in [1.82, 2.24) is 14.5 Å². The second kappa shape index (κ2) is 5.18. The number of aromatic nitrogens is 2. The Labute approximate surface area is 92.9 Å². The summed E-state index contributed by atoms with van der Waals surface area (Å²) >= 11 is 1.11. The van der Waals surface area contributed by atoms with Crippen LogP contribution in [0.4, 0.5) is 0 Å². The van der Waals surface area contributed by atoms with Gasteiger partial charge in [0.25, 0.3) is 5.91 Å². The van der Waals surface area contributed by atoms with Crippen molar-refractivity contribution in [2.45, 2.75) is 26.4 Å². The third-order valence-corrected chi connectivity index (χ3v) is 2.89. The van der Waals surface area contributed by atoms with E-state index in [1.54, 1.807) is 25.8 Å². The summed E-state index contributed by atoms with van der Waals surface area (Å²) in [7, 11) is 1.71. The molecule has 1 N–H and O–H groups in total. The molecule has 0 aliphatic heterocycles. The zero-order valence-electron chi connectivity index (χ0n) is 9.10. The van der Waals surface area contributed by atoms with E-state index in [1.165, 1.54) is 0 Å². The third kappa shape index (κ3) is 3.24. The fourth-order valence-corrected chi connectivity index (χ4v) is 1.73. The maximum Gasteiger partial charge on any atom is 0.267 e. The third-order valence-electron chi connectivity index (χ3n) is 2.07. The van der Waals surface area contributed by atoms with Crippen LogP contribution in [-0.4, -0.2) is 45.2 Å². The van der Waals surface area contributed by atoms with Crippen LogP contribution in [0.3, 0.4) is 0 Å². The smallest absolute Gasteiger partial charge is 0.267 e. The number of carbonyl (C=O) groups excluding carboxylic acids is 1. The molecule has 1 aromatic rings. The number of aryl methyl sites for hydroxylation is 1. The summed E-state index contributed by atoms with van der Waals surface area (Å²) in [6, 6.07) is 0. The van der Waals surface area contributed by atoms with Crippen LogP contribution in [0, 0.1) is 6.92 Å². The minimum atomic E-state index is -0.388. The van der Waals surface area contributed by atoms with Crippen LogP contribution in [0.15, 0.2) is 0 Å². The molecular formula is C9H15N3O2S. The van der Waals surface area contributed by atoms with Gasteiger partial charge in [-0.2, -0.15) is 0 Å². The fraction of sp³-hybridized carbons (Fsp3) is 0.667. The van der Waals surface area contributed by atoms with Gasteiger partial charge in [-0.25, -0.2) is 0 Å². The molecule has 0 aliphatic carbocycles. The summed E-state index contributed by atoms with van der Waals surface area (Å²) < 4.78 is 3.72.